The van der Waals surface area contributed by atoms with Gasteiger partial charge in [-0.05, 0) is 41.7 Å². The third kappa shape index (κ3) is 5.57. The molecule has 5 heteroatoms. The van der Waals surface area contributed by atoms with Crippen molar-refractivity contribution in [2.45, 2.75) is 69.8 Å². The Morgan fingerprint density at radius 2 is 1.47 bits per heavy atom. The van der Waals surface area contributed by atoms with Gasteiger partial charge in [0.25, 0.3) is 0 Å². The molecule has 3 aliphatic rings. The van der Waals surface area contributed by atoms with Gasteiger partial charge >= 0.3 is 0 Å². The summed E-state index contributed by atoms with van der Waals surface area (Å²) in [7, 11) is 0. The van der Waals surface area contributed by atoms with Gasteiger partial charge < -0.3 is 19.9 Å². The number of carbonyl (C=O) groups is 1. The number of nitrogens with zero attached hydrogens (tertiary/aromatic N) is 2. The van der Waals surface area contributed by atoms with Gasteiger partial charge in [0.1, 0.15) is 18.4 Å². The molecule has 2 atom stereocenters. The number of fused-ring (bicyclic) bond motifs is 1. The summed E-state index contributed by atoms with van der Waals surface area (Å²) < 4.78 is 5.96. The van der Waals surface area contributed by atoms with Crippen molar-refractivity contribution in [2.75, 3.05) is 6.54 Å². The SMILES string of the molecule is O=C1C(Cc2ccc(OCc3ccccc3)cc2)NC2=CN(C3CCCCC3)CC2N1Cc1ccccc1. The van der Waals surface area contributed by atoms with Gasteiger partial charge in [-0.3, -0.25) is 4.79 Å². The van der Waals surface area contributed by atoms with Crippen molar-refractivity contribution >= 4 is 5.91 Å². The van der Waals surface area contributed by atoms with Crippen molar-refractivity contribution in [1.82, 2.24) is 15.1 Å². The van der Waals surface area contributed by atoms with Gasteiger partial charge in [0, 0.05) is 31.8 Å². The third-order valence-electron chi connectivity index (χ3n) is 8.20. The molecule has 3 aromatic carbocycles. The minimum absolute atomic E-state index is 0.0923. The van der Waals surface area contributed by atoms with E-state index in [0.717, 1.165) is 23.4 Å². The number of benzene rings is 3. The number of hydrogen-bond donors (Lipinski definition) is 1. The number of nitrogens with one attached hydrogen (secondary N) is 1. The van der Waals surface area contributed by atoms with Gasteiger partial charge in [-0.25, -0.2) is 0 Å². The monoisotopic (exact) mass is 507 g/mol. The molecule has 2 aliphatic heterocycles. The van der Waals surface area contributed by atoms with E-state index in [2.05, 4.69) is 69.8 Å². The van der Waals surface area contributed by atoms with Crippen molar-refractivity contribution in [3.05, 3.63) is 114 Å². The zero-order valence-electron chi connectivity index (χ0n) is 22.0. The number of rotatable bonds is 8. The summed E-state index contributed by atoms with van der Waals surface area (Å²) in [6.07, 6.45) is 9.44. The van der Waals surface area contributed by atoms with Crippen LogP contribution in [0.15, 0.2) is 96.8 Å². The molecule has 0 bridgehead atoms. The zero-order valence-corrected chi connectivity index (χ0v) is 22.0. The van der Waals surface area contributed by atoms with Crippen LogP contribution in [0, 0.1) is 0 Å². The van der Waals surface area contributed by atoms with Crippen LogP contribution in [-0.4, -0.2) is 40.4 Å². The van der Waals surface area contributed by atoms with Crippen LogP contribution < -0.4 is 10.1 Å². The highest BCUT2D eigenvalue weighted by Crippen LogP contribution is 2.32. The molecule has 5 nitrogen and oxygen atoms in total. The van der Waals surface area contributed by atoms with Gasteiger partial charge in [-0.2, -0.15) is 0 Å². The fourth-order valence-electron chi connectivity index (χ4n) is 6.10. The minimum Gasteiger partial charge on any atom is -0.489 e. The summed E-state index contributed by atoms with van der Waals surface area (Å²) in [6, 6.07) is 29.2. The maximum atomic E-state index is 13.9. The molecule has 2 unspecified atom stereocenters. The topological polar surface area (TPSA) is 44.8 Å². The molecule has 1 saturated heterocycles. The Labute approximate surface area is 226 Å². The lowest BCUT2D eigenvalue weighted by atomic mass is 9.94. The molecular weight excluding hydrogens is 470 g/mol. The molecule has 1 saturated carbocycles. The van der Waals surface area contributed by atoms with E-state index in [-0.39, 0.29) is 18.0 Å². The predicted molar refractivity (Wildman–Crippen MR) is 150 cm³/mol. The first-order chi connectivity index (χ1) is 18.7. The van der Waals surface area contributed by atoms with E-state index in [1.54, 1.807) is 0 Å². The average molecular weight is 508 g/mol. The van der Waals surface area contributed by atoms with Crippen molar-refractivity contribution in [2.24, 2.45) is 0 Å². The van der Waals surface area contributed by atoms with Gasteiger partial charge in [0.05, 0.1) is 11.7 Å². The molecule has 196 valence electrons. The second-order valence-corrected chi connectivity index (χ2v) is 10.9. The first-order valence-electron chi connectivity index (χ1n) is 14.1. The van der Waals surface area contributed by atoms with Crippen molar-refractivity contribution in [1.29, 1.82) is 0 Å². The van der Waals surface area contributed by atoms with Gasteiger partial charge in [0.15, 0.2) is 0 Å². The summed E-state index contributed by atoms with van der Waals surface area (Å²) >= 11 is 0. The normalized spacial score (nSPS) is 21.6. The van der Waals surface area contributed by atoms with Crippen LogP contribution >= 0.6 is 0 Å². The van der Waals surface area contributed by atoms with Crippen LogP contribution in [-0.2, 0) is 24.4 Å². The van der Waals surface area contributed by atoms with E-state index < -0.39 is 0 Å². The van der Waals surface area contributed by atoms with Crippen LogP contribution in [0.5, 0.6) is 5.75 Å². The lowest BCUT2D eigenvalue weighted by molar-refractivity contribution is -0.137. The summed E-state index contributed by atoms with van der Waals surface area (Å²) in [5.41, 5.74) is 4.65. The van der Waals surface area contributed by atoms with Crippen molar-refractivity contribution in [3.8, 4) is 5.75 Å². The molecule has 0 spiro atoms. The Morgan fingerprint density at radius 1 is 0.789 bits per heavy atom. The van der Waals surface area contributed by atoms with E-state index in [1.165, 1.54) is 43.4 Å². The molecule has 0 aromatic heterocycles. The molecule has 2 fully saturated rings. The fourth-order valence-corrected chi connectivity index (χ4v) is 6.10. The molecule has 1 amide bonds. The highest BCUT2D eigenvalue weighted by atomic mass is 16.5. The summed E-state index contributed by atoms with van der Waals surface area (Å²) in [5.74, 6) is 1.03. The van der Waals surface area contributed by atoms with E-state index in [1.807, 2.05) is 36.4 Å². The molecule has 1 aliphatic carbocycles. The van der Waals surface area contributed by atoms with Crippen molar-refractivity contribution in [3.63, 3.8) is 0 Å². The maximum Gasteiger partial charge on any atom is 0.246 e. The molecular formula is C33H37N3O2. The number of amides is 1. The third-order valence-corrected chi connectivity index (χ3v) is 8.20. The minimum atomic E-state index is -0.274. The Balaban J connectivity index is 1.17. The Bertz CT molecular complexity index is 1240. The van der Waals surface area contributed by atoms with E-state index >= 15 is 0 Å². The predicted octanol–water partition coefficient (Wildman–Crippen LogP) is 5.67. The molecule has 38 heavy (non-hydrogen) atoms. The maximum absolute atomic E-state index is 13.9. The first-order valence-corrected chi connectivity index (χ1v) is 14.1. The second-order valence-electron chi connectivity index (χ2n) is 10.9. The van der Waals surface area contributed by atoms with Crippen LogP contribution in [0.25, 0.3) is 0 Å². The van der Waals surface area contributed by atoms with E-state index in [0.29, 0.717) is 25.6 Å². The largest absolute Gasteiger partial charge is 0.489 e. The van der Waals surface area contributed by atoms with Gasteiger partial charge in [0.2, 0.25) is 5.91 Å². The number of piperazine rings is 1. The lowest BCUT2D eigenvalue weighted by Crippen LogP contribution is -2.59. The van der Waals surface area contributed by atoms with Crippen LogP contribution in [0.3, 0.4) is 0 Å². The molecule has 0 radical (unpaired) electrons. The quantitative estimate of drug-likeness (QED) is 0.427. The second kappa shape index (κ2) is 11.3. The average Bonchev–Trinajstić information content (AvgIpc) is 3.40. The lowest BCUT2D eigenvalue weighted by Gasteiger charge is -2.40. The highest BCUT2D eigenvalue weighted by molar-refractivity contribution is 5.84. The smallest absolute Gasteiger partial charge is 0.246 e. The Hall–Kier alpha value is -3.73. The Kier molecular flexibility index (Phi) is 7.34. The van der Waals surface area contributed by atoms with Crippen LogP contribution in [0.2, 0.25) is 0 Å². The summed E-state index contributed by atoms with van der Waals surface area (Å²) in [6.45, 7) is 2.08. The molecule has 2 heterocycles. The van der Waals surface area contributed by atoms with Gasteiger partial charge in [-0.15, -0.1) is 0 Å². The van der Waals surface area contributed by atoms with E-state index in [9.17, 15) is 4.79 Å². The van der Waals surface area contributed by atoms with Crippen LogP contribution in [0.4, 0.5) is 0 Å². The van der Waals surface area contributed by atoms with Crippen molar-refractivity contribution < 1.29 is 9.53 Å². The number of carbonyl (C=O) groups excluding carboxylic acids is 1. The first kappa shape index (κ1) is 24.6. The summed E-state index contributed by atoms with van der Waals surface area (Å²) in [4.78, 5) is 18.5. The van der Waals surface area contributed by atoms with E-state index in [4.69, 9.17) is 4.74 Å². The molecule has 6 rings (SSSR count). The van der Waals surface area contributed by atoms with Gasteiger partial charge in [-0.1, -0.05) is 92.1 Å². The molecule has 3 aromatic rings. The number of hydrogen-bond acceptors (Lipinski definition) is 4. The Morgan fingerprint density at radius 3 is 2.18 bits per heavy atom. The zero-order chi connectivity index (χ0) is 25.7. The summed E-state index contributed by atoms with van der Waals surface area (Å²) in [5, 5.41) is 3.66. The fraction of sp³-hybridized carbons (Fsp3) is 0.364. The highest BCUT2D eigenvalue weighted by Gasteiger charge is 2.42. The number of ether oxygens (including phenoxy) is 1. The van der Waals surface area contributed by atoms with Crippen LogP contribution in [0.1, 0.15) is 48.8 Å². The molecule has 1 N–H and O–H groups in total. The standard InChI is InChI=1S/C33H37N3O2/c37-33-30(20-25-16-18-29(19-17-25)38-24-27-12-6-2-7-13-27)34-31-22-35(28-14-8-3-9-15-28)23-32(31)36(33)21-26-10-4-1-5-11-26/h1-2,4-7,10-13,16-19,22,28,30,32,34H,3,8-9,14-15,20-21,23-24H2.